The molecule has 2 N–H and O–H groups in total. The van der Waals surface area contributed by atoms with Crippen molar-refractivity contribution in [3.05, 3.63) is 0 Å². The minimum Gasteiger partial charge on any atom is -0.385 e. The van der Waals surface area contributed by atoms with E-state index < -0.39 is 15.4 Å². The molecule has 2 fully saturated rings. The smallest absolute Gasteiger partial charge is 0.346 e. The van der Waals surface area contributed by atoms with Crippen LogP contribution in [0.4, 0.5) is 4.79 Å². The molecule has 88 valence electrons. The summed E-state index contributed by atoms with van der Waals surface area (Å²) in [6.07, 6.45) is 2.25. The highest BCUT2D eigenvalue weighted by atomic mass is 32.2. The van der Waals surface area contributed by atoms with E-state index >= 15 is 0 Å². The Kier molecular flexibility index (Phi) is 1.74. The Balaban J connectivity index is 2.04. The van der Waals surface area contributed by atoms with Crippen LogP contribution in [0.2, 0.25) is 0 Å². The third-order valence-electron chi connectivity index (χ3n) is 3.56. The molecular weight excluding hydrogens is 230 g/mol. The summed E-state index contributed by atoms with van der Waals surface area (Å²) in [5, 5.41) is 0. The molecule has 6 nitrogen and oxygen atoms in total. The second-order valence-electron chi connectivity index (χ2n) is 4.75. The molecule has 1 atom stereocenters. The summed E-state index contributed by atoms with van der Waals surface area (Å²) in [5.74, 6) is 0.225. The molecule has 0 bridgehead atoms. The van der Waals surface area contributed by atoms with Crippen molar-refractivity contribution in [3.63, 3.8) is 0 Å². The average molecular weight is 243 g/mol. The van der Waals surface area contributed by atoms with Gasteiger partial charge in [0.25, 0.3) is 0 Å². The van der Waals surface area contributed by atoms with E-state index in [4.69, 9.17) is 5.73 Å². The monoisotopic (exact) mass is 243 g/mol. The molecule has 1 aliphatic carbocycles. The number of carbonyl (C=O) groups excluding carboxylic acids is 1. The number of amides is 2. The largest absolute Gasteiger partial charge is 0.385 e. The van der Waals surface area contributed by atoms with Gasteiger partial charge in [0.15, 0.2) is 9.84 Å². The summed E-state index contributed by atoms with van der Waals surface area (Å²) in [5.41, 5.74) is 4.94. The molecule has 0 aromatic carbocycles. The molecule has 3 rings (SSSR count). The van der Waals surface area contributed by atoms with Crippen molar-refractivity contribution in [2.45, 2.75) is 30.8 Å². The Labute approximate surface area is 93.4 Å². The standard InChI is InChI=1S/C9H13N3O3S/c10-7-9(3-4-16(14,15)5-9)12(6-1-2-6)8(13)11-7/h6H,1-5H2,(H2,10,11,13). The van der Waals surface area contributed by atoms with E-state index in [-0.39, 0.29) is 29.4 Å². The second-order valence-corrected chi connectivity index (χ2v) is 6.94. The lowest BCUT2D eigenvalue weighted by Crippen LogP contribution is -2.56. The SMILES string of the molecule is NC1=NC(=O)N(C2CC2)C12CCS(=O)(=O)C2. The number of amidine groups is 1. The van der Waals surface area contributed by atoms with E-state index in [0.29, 0.717) is 6.42 Å². The third-order valence-corrected chi connectivity index (χ3v) is 5.30. The number of carbonyl (C=O) groups is 1. The van der Waals surface area contributed by atoms with Gasteiger partial charge in [-0.3, -0.25) is 0 Å². The van der Waals surface area contributed by atoms with Crippen LogP contribution < -0.4 is 5.73 Å². The summed E-state index contributed by atoms with van der Waals surface area (Å²) in [4.78, 5) is 17.1. The quantitative estimate of drug-likeness (QED) is 0.671. The number of nitrogens with zero attached hydrogens (tertiary/aromatic N) is 2. The lowest BCUT2D eigenvalue weighted by atomic mass is 9.96. The van der Waals surface area contributed by atoms with Crippen LogP contribution in [0.1, 0.15) is 19.3 Å². The van der Waals surface area contributed by atoms with Crippen LogP contribution in [0.25, 0.3) is 0 Å². The number of aliphatic imine (C=N–C) groups is 1. The third kappa shape index (κ3) is 1.20. The van der Waals surface area contributed by atoms with Gasteiger partial charge in [-0.15, -0.1) is 0 Å². The van der Waals surface area contributed by atoms with Crippen LogP contribution in [-0.2, 0) is 9.84 Å². The summed E-state index contributed by atoms with van der Waals surface area (Å²) < 4.78 is 23.2. The zero-order valence-corrected chi connectivity index (χ0v) is 9.53. The van der Waals surface area contributed by atoms with Gasteiger partial charge in [-0.2, -0.15) is 4.99 Å². The van der Waals surface area contributed by atoms with E-state index in [9.17, 15) is 13.2 Å². The van der Waals surface area contributed by atoms with Crippen molar-refractivity contribution >= 4 is 21.7 Å². The van der Waals surface area contributed by atoms with Crippen molar-refractivity contribution in [1.82, 2.24) is 4.90 Å². The molecule has 1 saturated carbocycles. The highest BCUT2D eigenvalue weighted by Crippen LogP contribution is 2.42. The van der Waals surface area contributed by atoms with Crippen LogP contribution in [0.3, 0.4) is 0 Å². The molecule has 7 heteroatoms. The number of hydrogen-bond acceptors (Lipinski definition) is 4. The topological polar surface area (TPSA) is 92.8 Å². The van der Waals surface area contributed by atoms with Crippen LogP contribution in [0, 0.1) is 0 Å². The number of rotatable bonds is 1. The Hall–Kier alpha value is -1.11. The highest BCUT2D eigenvalue weighted by Gasteiger charge is 2.58. The molecule has 2 heterocycles. The zero-order valence-electron chi connectivity index (χ0n) is 8.72. The number of nitrogens with two attached hydrogens (primary N) is 1. The Bertz CT molecular complexity index is 494. The van der Waals surface area contributed by atoms with E-state index in [2.05, 4.69) is 4.99 Å². The Morgan fingerprint density at radius 3 is 2.62 bits per heavy atom. The van der Waals surface area contributed by atoms with E-state index in [1.165, 1.54) is 0 Å². The van der Waals surface area contributed by atoms with Crippen molar-refractivity contribution in [2.75, 3.05) is 11.5 Å². The zero-order chi connectivity index (χ0) is 11.6. The molecule has 16 heavy (non-hydrogen) atoms. The minimum absolute atomic E-state index is 0.0580. The van der Waals surface area contributed by atoms with Crippen LogP contribution >= 0.6 is 0 Å². The van der Waals surface area contributed by atoms with E-state index in [1.807, 2.05) is 0 Å². The fraction of sp³-hybridized carbons (Fsp3) is 0.778. The van der Waals surface area contributed by atoms with Gasteiger partial charge in [0.2, 0.25) is 0 Å². The first-order valence-corrected chi connectivity index (χ1v) is 7.15. The molecular formula is C9H13N3O3S. The molecule has 1 saturated heterocycles. The first-order chi connectivity index (χ1) is 7.45. The van der Waals surface area contributed by atoms with Gasteiger partial charge < -0.3 is 10.6 Å². The lowest BCUT2D eigenvalue weighted by molar-refractivity contribution is 0.176. The molecule has 3 aliphatic rings. The van der Waals surface area contributed by atoms with Gasteiger partial charge in [-0.25, -0.2) is 13.2 Å². The number of urea groups is 1. The Morgan fingerprint density at radius 2 is 2.12 bits per heavy atom. The fourth-order valence-electron chi connectivity index (χ4n) is 2.63. The minimum atomic E-state index is -3.09. The maximum absolute atomic E-state index is 11.7. The molecule has 1 spiro atoms. The summed E-state index contributed by atoms with van der Waals surface area (Å²) in [6.45, 7) is 0. The van der Waals surface area contributed by atoms with Crippen molar-refractivity contribution < 1.29 is 13.2 Å². The van der Waals surface area contributed by atoms with E-state index in [1.54, 1.807) is 4.90 Å². The molecule has 1 unspecified atom stereocenters. The number of hydrogen-bond donors (Lipinski definition) is 1. The van der Waals surface area contributed by atoms with Gasteiger partial charge in [-0.05, 0) is 19.3 Å². The van der Waals surface area contributed by atoms with Crippen LogP contribution in [-0.4, -0.2) is 48.3 Å². The molecule has 0 aromatic heterocycles. The second kappa shape index (κ2) is 2.77. The summed E-state index contributed by atoms with van der Waals surface area (Å²) in [6, 6.07) is -0.220. The van der Waals surface area contributed by atoms with E-state index in [0.717, 1.165) is 12.8 Å². The summed E-state index contributed by atoms with van der Waals surface area (Å²) in [7, 11) is -3.09. The molecule has 0 radical (unpaired) electrons. The molecule has 2 amide bonds. The maximum Gasteiger partial charge on any atom is 0.346 e. The van der Waals surface area contributed by atoms with Gasteiger partial charge in [-0.1, -0.05) is 0 Å². The van der Waals surface area contributed by atoms with Crippen molar-refractivity contribution in [2.24, 2.45) is 10.7 Å². The average Bonchev–Trinajstić information content (AvgIpc) is 2.88. The highest BCUT2D eigenvalue weighted by molar-refractivity contribution is 7.91. The first-order valence-electron chi connectivity index (χ1n) is 5.33. The van der Waals surface area contributed by atoms with Gasteiger partial charge in [0, 0.05) is 6.04 Å². The van der Waals surface area contributed by atoms with Gasteiger partial charge in [0.05, 0.1) is 11.5 Å². The van der Waals surface area contributed by atoms with Crippen molar-refractivity contribution in [1.29, 1.82) is 0 Å². The first kappa shape index (κ1) is 10.1. The lowest BCUT2D eigenvalue weighted by Gasteiger charge is -2.33. The molecule has 0 aromatic rings. The molecule has 2 aliphatic heterocycles. The normalized spacial score (nSPS) is 37.1. The maximum atomic E-state index is 11.7. The van der Waals surface area contributed by atoms with Gasteiger partial charge >= 0.3 is 6.03 Å². The fourth-order valence-corrected chi connectivity index (χ4v) is 4.58. The van der Waals surface area contributed by atoms with Crippen LogP contribution in [0.5, 0.6) is 0 Å². The number of sulfone groups is 1. The van der Waals surface area contributed by atoms with Gasteiger partial charge in [0.1, 0.15) is 11.4 Å². The Morgan fingerprint density at radius 1 is 1.44 bits per heavy atom. The van der Waals surface area contributed by atoms with Crippen molar-refractivity contribution in [3.8, 4) is 0 Å². The summed E-state index contributed by atoms with van der Waals surface area (Å²) >= 11 is 0. The predicted octanol–water partition coefficient (Wildman–Crippen LogP) is -0.501. The van der Waals surface area contributed by atoms with Crippen LogP contribution in [0.15, 0.2) is 4.99 Å². The predicted molar refractivity (Wildman–Crippen MR) is 57.9 cm³/mol.